The standard InChI is InChI=1S/C17H30/c1-10-8-9-16-13(4)11(2)12(3)15(6)17(16,7)14(10)5/h9-15H,8H2,1-7H3. The van der Waals surface area contributed by atoms with Gasteiger partial charge in [0, 0.05) is 0 Å². The topological polar surface area (TPSA) is 0 Å². The van der Waals surface area contributed by atoms with Gasteiger partial charge in [-0.25, -0.2) is 0 Å². The Morgan fingerprint density at radius 2 is 1.53 bits per heavy atom. The van der Waals surface area contributed by atoms with Crippen molar-refractivity contribution in [2.24, 2.45) is 40.9 Å². The van der Waals surface area contributed by atoms with Crippen molar-refractivity contribution >= 4 is 0 Å². The van der Waals surface area contributed by atoms with Gasteiger partial charge >= 0.3 is 0 Å². The summed E-state index contributed by atoms with van der Waals surface area (Å²) in [6, 6.07) is 0. The van der Waals surface area contributed by atoms with E-state index in [1.807, 2.05) is 0 Å². The third kappa shape index (κ3) is 1.63. The molecule has 2 aliphatic rings. The molecule has 0 saturated heterocycles. The number of rotatable bonds is 0. The maximum atomic E-state index is 2.59. The molecule has 1 fully saturated rings. The van der Waals surface area contributed by atoms with E-state index in [0.717, 1.165) is 35.5 Å². The van der Waals surface area contributed by atoms with Crippen LogP contribution in [0.2, 0.25) is 0 Å². The summed E-state index contributed by atoms with van der Waals surface area (Å²) in [5.74, 6) is 4.96. The second kappa shape index (κ2) is 4.14. The second-order valence-electron chi connectivity index (χ2n) is 7.24. The summed E-state index contributed by atoms with van der Waals surface area (Å²) in [5, 5.41) is 0. The summed E-state index contributed by atoms with van der Waals surface area (Å²) < 4.78 is 0. The van der Waals surface area contributed by atoms with Gasteiger partial charge in [0.25, 0.3) is 0 Å². The van der Waals surface area contributed by atoms with Crippen LogP contribution >= 0.6 is 0 Å². The van der Waals surface area contributed by atoms with Crippen molar-refractivity contribution < 1.29 is 0 Å². The molecule has 0 aromatic carbocycles. The molecule has 0 N–H and O–H groups in total. The van der Waals surface area contributed by atoms with Crippen molar-refractivity contribution in [3.05, 3.63) is 11.6 Å². The third-order valence-corrected chi connectivity index (χ3v) is 6.97. The summed E-state index contributed by atoms with van der Waals surface area (Å²) in [6.07, 6.45) is 3.89. The van der Waals surface area contributed by atoms with Crippen LogP contribution in [0.25, 0.3) is 0 Å². The van der Waals surface area contributed by atoms with Crippen LogP contribution in [0.4, 0.5) is 0 Å². The van der Waals surface area contributed by atoms with Crippen LogP contribution in [-0.2, 0) is 0 Å². The molecule has 0 amide bonds. The Kier molecular flexibility index (Phi) is 3.21. The van der Waals surface area contributed by atoms with Gasteiger partial charge in [0.15, 0.2) is 0 Å². The molecular weight excluding hydrogens is 204 g/mol. The molecule has 2 rings (SSSR count). The molecule has 0 aromatic heterocycles. The first-order chi connectivity index (χ1) is 7.81. The van der Waals surface area contributed by atoms with E-state index in [9.17, 15) is 0 Å². The van der Waals surface area contributed by atoms with E-state index >= 15 is 0 Å². The zero-order valence-corrected chi connectivity index (χ0v) is 12.7. The van der Waals surface area contributed by atoms with Crippen molar-refractivity contribution in [1.82, 2.24) is 0 Å². The molecule has 0 aliphatic heterocycles. The van der Waals surface area contributed by atoms with Crippen LogP contribution in [0.3, 0.4) is 0 Å². The van der Waals surface area contributed by atoms with Crippen molar-refractivity contribution in [3.63, 3.8) is 0 Å². The molecular formula is C17H30. The summed E-state index contributed by atoms with van der Waals surface area (Å²) in [6.45, 7) is 17.3. The first-order valence-corrected chi connectivity index (χ1v) is 7.52. The highest BCUT2D eigenvalue weighted by Gasteiger charge is 2.52. The van der Waals surface area contributed by atoms with E-state index in [1.165, 1.54) is 6.42 Å². The van der Waals surface area contributed by atoms with Crippen LogP contribution in [0.15, 0.2) is 11.6 Å². The lowest BCUT2D eigenvalue weighted by Crippen LogP contribution is -2.50. The van der Waals surface area contributed by atoms with Crippen LogP contribution < -0.4 is 0 Å². The van der Waals surface area contributed by atoms with E-state index in [4.69, 9.17) is 0 Å². The summed E-state index contributed by atoms with van der Waals surface area (Å²) >= 11 is 0. The zero-order valence-electron chi connectivity index (χ0n) is 12.7. The monoisotopic (exact) mass is 234 g/mol. The third-order valence-electron chi connectivity index (χ3n) is 6.97. The number of fused-ring (bicyclic) bond motifs is 1. The minimum absolute atomic E-state index is 0.447. The minimum Gasteiger partial charge on any atom is -0.0842 e. The van der Waals surface area contributed by atoms with Gasteiger partial charge in [-0.1, -0.05) is 60.1 Å². The molecule has 1 saturated carbocycles. The molecule has 7 atom stereocenters. The lowest BCUT2D eigenvalue weighted by atomic mass is 9.47. The molecule has 0 spiro atoms. The summed E-state index contributed by atoms with van der Waals surface area (Å²) in [5.41, 5.74) is 2.23. The molecule has 0 radical (unpaired) electrons. The van der Waals surface area contributed by atoms with Crippen molar-refractivity contribution in [1.29, 1.82) is 0 Å². The van der Waals surface area contributed by atoms with Gasteiger partial charge in [-0.15, -0.1) is 0 Å². The van der Waals surface area contributed by atoms with E-state index in [2.05, 4.69) is 54.5 Å². The molecule has 98 valence electrons. The number of hydrogen-bond donors (Lipinski definition) is 0. The average Bonchev–Trinajstić information content (AvgIpc) is 2.31. The van der Waals surface area contributed by atoms with Crippen molar-refractivity contribution in [3.8, 4) is 0 Å². The first-order valence-electron chi connectivity index (χ1n) is 7.52. The van der Waals surface area contributed by atoms with Gasteiger partial charge in [0.2, 0.25) is 0 Å². The van der Waals surface area contributed by atoms with Crippen molar-refractivity contribution in [2.75, 3.05) is 0 Å². The molecule has 0 aromatic rings. The van der Waals surface area contributed by atoms with Crippen LogP contribution in [0, 0.1) is 40.9 Å². The molecule has 0 heterocycles. The Morgan fingerprint density at radius 3 is 2.12 bits per heavy atom. The fourth-order valence-electron chi connectivity index (χ4n) is 4.68. The second-order valence-corrected chi connectivity index (χ2v) is 7.24. The highest BCUT2D eigenvalue weighted by molar-refractivity contribution is 5.26. The minimum atomic E-state index is 0.447. The zero-order chi connectivity index (χ0) is 13.0. The fourth-order valence-corrected chi connectivity index (χ4v) is 4.68. The van der Waals surface area contributed by atoms with Crippen LogP contribution in [-0.4, -0.2) is 0 Å². The fraction of sp³-hybridized carbons (Fsp3) is 0.882. The van der Waals surface area contributed by atoms with E-state index in [1.54, 1.807) is 5.57 Å². The SMILES string of the molecule is CC1CC=C2C(C)C(C)C(C)C(C)C2(C)C1C. The van der Waals surface area contributed by atoms with E-state index in [-0.39, 0.29) is 0 Å². The quantitative estimate of drug-likeness (QED) is 0.508. The number of hydrogen-bond acceptors (Lipinski definition) is 0. The summed E-state index contributed by atoms with van der Waals surface area (Å²) in [4.78, 5) is 0. The highest BCUT2D eigenvalue weighted by atomic mass is 14.6. The van der Waals surface area contributed by atoms with Gasteiger partial charge in [-0.05, 0) is 47.3 Å². The van der Waals surface area contributed by atoms with Gasteiger partial charge in [-0.3, -0.25) is 0 Å². The predicted molar refractivity (Wildman–Crippen MR) is 75.8 cm³/mol. The maximum Gasteiger partial charge on any atom is -0.00571 e. The average molecular weight is 234 g/mol. The van der Waals surface area contributed by atoms with E-state index in [0.29, 0.717) is 5.41 Å². The highest BCUT2D eigenvalue weighted by Crippen LogP contribution is 2.59. The molecule has 7 unspecified atom stereocenters. The smallest absolute Gasteiger partial charge is 0.00571 e. The largest absolute Gasteiger partial charge is 0.0842 e. The van der Waals surface area contributed by atoms with Gasteiger partial charge in [0.1, 0.15) is 0 Å². The molecule has 17 heavy (non-hydrogen) atoms. The normalized spacial score (nSPS) is 55.1. The molecule has 2 aliphatic carbocycles. The van der Waals surface area contributed by atoms with Gasteiger partial charge in [-0.2, -0.15) is 0 Å². The molecule has 0 bridgehead atoms. The van der Waals surface area contributed by atoms with Crippen LogP contribution in [0.1, 0.15) is 54.9 Å². The van der Waals surface area contributed by atoms with Gasteiger partial charge in [0.05, 0.1) is 0 Å². The Bertz CT molecular complexity index is 327. The first kappa shape index (κ1) is 13.2. The Labute approximate surface area is 108 Å². The predicted octanol–water partition coefficient (Wildman–Crippen LogP) is 5.15. The van der Waals surface area contributed by atoms with E-state index < -0.39 is 0 Å². The lowest BCUT2D eigenvalue weighted by Gasteiger charge is -2.57. The summed E-state index contributed by atoms with van der Waals surface area (Å²) in [7, 11) is 0. The van der Waals surface area contributed by atoms with Crippen molar-refractivity contribution in [2.45, 2.75) is 54.9 Å². The maximum absolute atomic E-state index is 2.59. The molecule has 0 heteroatoms. The Morgan fingerprint density at radius 1 is 0.941 bits per heavy atom. The Hall–Kier alpha value is -0.260. The van der Waals surface area contributed by atoms with Gasteiger partial charge < -0.3 is 0 Å². The number of allylic oxidation sites excluding steroid dienone is 2. The molecule has 0 nitrogen and oxygen atoms in total. The lowest BCUT2D eigenvalue weighted by molar-refractivity contribution is -0.00191. The Balaban J connectivity index is 2.48. The van der Waals surface area contributed by atoms with Crippen LogP contribution in [0.5, 0.6) is 0 Å².